The van der Waals surface area contributed by atoms with Gasteiger partial charge in [0, 0.05) is 0 Å². The van der Waals surface area contributed by atoms with Crippen LogP contribution in [0.15, 0.2) is 72.8 Å². The fourth-order valence-electron chi connectivity index (χ4n) is 6.42. The van der Waals surface area contributed by atoms with E-state index in [4.69, 9.17) is 4.74 Å². The average molecular weight is 671 g/mol. The van der Waals surface area contributed by atoms with Gasteiger partial charge in [-0.05, 0) is 5.56 Å². The second kappa shape index (κ2) is 19.5. The zero-order valence-electron chi connectivity index (χ0n) is 28.1. The van der Waals surface area contributed by atoms with Crippen LogP contribution in [0, 0.1) is 5.92 Å². The van der Waals surface area contributed by atoms with E-state index in [9.17, 15) is 29.0 Å². The zero-order chi connectivity index (χ0) is 35.0. The van der Waals surface area contributed by atoms with Crippen LogP contribution in [0.3, 0.4) is 0 Å². The monoisotopic (exact) mass is 670 g/mol. The van der Waals surface area contributed by atoms with Gasteiger partial charge in [0.1, 0.15) is 13.2 Å². The van der Waals surface area contributed by atoms with Gasteiger partial charge in [0.15, 0.2) is 0 Å². The van der Waals surface area contributed by atoms with Gasteiger partial charge in [-0.2, -0.15) is 0 Å². The number of carbonyl (C=O) groups excluding carboxylic acids is 4. The van der Waals surface area contributed by atoms with Gasteiger partial charge in [-0.1, -0.05) is 30.3 Å². The Balaban J connectivity index is 1.48. The number of hydrogen-bond donors (Lipinski definition) is 5. The van der Waals surface area contributed by atoms with Crippen molar-refractivity contribution in [2.24, 2.45) is 5.92 Å². The summed E-state index contributed by atoms with van der Waals surface area (Å²) in [5.41, 5.74) is 1.63. The normalized spacial score (nSPS) is 15.6. The minimum absolute atomic E-state index is 0.00838. The Morgan fingerprint density at radius 1 is 0.878 bits per heavy atom. The van der Waals surface area contributed by atoms with Crippen LogP contribution in [-0.4, -0.2) is 73.2 Å². The Kier molecular flexibility index (Phi) is 14.9. The molecule has 0 heterocycles. The topological polar surface area (TPSA) is 163 Å². The van der Waals surface area contributed by atoms with E-state index in [1.54, 1.807) is 0 Å². The van der Waals surface area contributed by atoms with E-state index in [1.807, 2.05) is 79.7 Å². The molecule has 1 fully saturated rings. The number of carbonyl (C=O) groups is 4. The summed E-state index contributed by atoms with van der Waals surface area (Å²) in [5, 5.41) is 24.2. The Morgan fingerprint density at radius 3 is 2.33 bits per heavy atom. The predicted octanol–water partition coefficient (Wildman–Crippen LogP) is 2.92. The molecule has 4 rings (SSSR count). The van der Waals surface area contributed by atoms with Gasteiger partial charge < -0.3 is 4.74 Å². The molecule has 1 saturated carbocycles. The molecule has 11 nitrogen and oxygen atoms in total. The summed E-state index contributed by atoms with van der Waals surface area (Å²) in [5.74, 6) is -2.43. The molecule has 4 atom stereocenters. The van der Waals surface area contributed by atoms with Crippen molar-refractivity contribution in [1.29, 1.82) is 0 Å². The van der Waals surface area contributed by atoms with Crippen molar-refractivity contribution >= 4 is 41.6 Å². The van der Waals surface area contributed by atoms with Crippen molar-refractivity contribution in [3.63, 3.8) is 0 Å². The number of amides is 3. The van der Waals surface area contributed by atoms with E-state index < -0.39 is 48.6 Å². The molecule has 1 aliphatic carbocycles. The molecule has 49 heavy (non-hydrogen) atoms. The third-order valence-corrected chi connectivity index (χ3v) is 8.99. The van der Waals surface area contributed by atoms with Crippen LogP contribution in [0.2, 0.25) is 0 Å². The maximum absolute atomic E-state index is 14.0. The smallest absolute Gasteiger partial charge is 0.460 e. The van der Waals surface area contributed by atoms with Gasteiger partial charge >= 0.3 is 230 Å². The van der Waals surface area contributed by atoms with Gasteiger partial charge in [0.2, 0.25) is 0 Å². The fraction of sp³-hybridized carbons (Fsp3) is 0.459. The van der Waals surface area contributed by atoms with Crippen molar-refractivity contribution in [2.75, 3.05) is 13.0 Å². The first kappa shape index (κ1) is 37.4. The van der Waals surface area contributed by atoms with E-state index >= 15 is 0 Å². The first-order valence-corrected chi connectivity index (χ1v) is 17.2. The van der Waals surface area contributed by atoms with Crippen molar-refractivity contribution in [3.8, 4) is 0 Å². The molecule has 0 spiro atoms. The number of benzene rings is 3. The van der Waals surface area contributed by atoms with E-state index in [-0.39, 0.29) is 37.7 Å². The standard InChI is InChI=1S/C37H47BN4O7/c1-2-12-30(34(44)37(47)39-22-32(43)49-23-25-13-5-3-6-14-25)41-35(45)31(21-28-19-11-18-26-15-9-10-20-29(26)28)42-36(46)33(40-24-38-48)27-16-7-4-8-17-27/h3,5-6,9-11,13-15,18-20,27,30-31,33-34,40,44H,2,4,7-8,12,16-17,21-24H2,1H3,(H,39,47)(H,41,45)(H,42,46)/t30?,31-,33-,34?/m0/s1. The fourth-order valence-corrected chi connectivity index (χ4v) is 6.42. The van der Waals surface area contributed by atoms with Crippen LogP contribution in [0.4, 0.5) is 0 Å². The molecule has 5 N–H and O–H groups in total. The molecule has 260 valence electrons. The van der Waals surface area contributed by atoms with Gasteiger partial charge in [0.05, 0.1) is 0 Å². The van der Waals surface area contributed by atoms with Crippen molar-refractivity contribution in [2.45, 2.75) is 89.1 Å². The van der Waals surface area contributed by atoms with Gasteiger partial charge in [0.25, 0.3) is 0 Å². The van der Waals surface area contributed by atoms with Crippen LogP contribution in [0.1, 0.15) is 63.0 Å². The molecular formula is C37H47BN4O7. The van der Waals surface area contributed by atoms with Crippen molar-refractivity contribution in [1.82, 2.24) is 21.3 Å². The average Bonchev–Trinajstić information content (AvgIpc) is 3.13. The molecule has 2 unspecified atom stereocenters. The van der Waals surface area contributed by atoms with Gasteiger partial charge in [-0.25, -0.2) is 0 Å². The maximum atomic E-state index is 14.0. The molecule has 3 amide bonds. The number of aliphatic hydroxyl groups is 1. The molecule has 0 saturated heterocycles. The Morgan fingerprint density at radius 2 is 1.59 bits per heavy atom. The second-order valence-corrected chi connectivity index (χ2v) is 12.6. The van der Waals surface area contributed by atoms with E-state index in [0.717, 1.165) is 54.0 Å². The summed E-state index contributed by atoms with van der Waals surface area (Å²) in [6.07, 6.45) is 4.03. The van der Waals surface area contributed by atoms with E-state index in [1.165, 1.54) is 0 Å². The third-order valence-electron chi connectivity index (χ3n) is 8.99. The van der Waals surface area contributed by atoms with E-state index in [0.29, 0.717) is 13.6 Å². The molecule has 0 aromatic heterocycles. The van der Waals surface area contributed by atoms with Crippen LogP contribution in [0.5, 0.6) is 0 Å². The van der Waals surface area contributed by atoms with Crippen LogP contribution >= 0.6 is 0 Å². The minimum atomic E-state index is -1.66. The summed E-state index contributed by atoms with van der Waals surface area (Å²) in [4.78, 5) is 53.0. The number of rotatable bonds is 18. The molecule has 0 aliphatic heterocycles. The number of esters is 1. The van der Waals surface area contributed by atoms with Crippen LogP contribution < -0.4 is 21.3 Å². The summed E-state index contributed by atoms with van der Waals surface area (Å²) in [6.45, 7) is 1.45. The third kappa shape index (κ3) is 11.3. The van der Waals surface area contributed by atoms with Crippen LogP contribution in [0.25, 0.3) is 10.8 Å². The van der Waals surface area contributed by atoms with Crippen LogP contribution in [-0.2, 0) is 41.6 Å². The first-order chi connectivity index (χ1) is 23.8. The summed E-state index contributed by atoms with van der Waals surface area (Å²) >= 11 is 0. The Bertz CT molecular complexity index is 1540. The van der Waals surface area contributed by atoms with Crippen molar-refractivity contribution in [3.05, 3.63) is 83.9 Å². The Hall–Kier alpha value is -4.42. The summed E-state index contributed by atoms with van der Waals surface area (Å²) < 4.78 is 16.5. The number of aliphatic hydroxyl groups excluding tert-OH is 1. The molecule has 3 aromatic rings. The molecule has 12 heteroatoms. The van der Waals surface area contributed by atoms with Gasteiger partial charge in [-0.15, -0.1) is 0 Å². The Labute approximate surface area is 288 Å². The summed E-state index contributed by atoms with van der Waals surface area (Å²) in [6, 6.07) is 19.9. The molecule has 0 bridgehead atoms. The summed E-state index contributed by atoms with van der Waals surface area (Å²) in [7, 11) is 0.716. The SMILES string of the molecule is CCCC(NC(=O)[C@H](Cc1cccc2ccccc12)NC(=O)[C@@H](NCB=O)C1CCCCC1)C(O)C(=O)NCC(=O)OCc1ccccc1. The first-order valence-electron chi connectivity index (χ1n) is 17.2. The quantitative estimate of drug-likeness (QED) is 0.102. The predicted molar refractivity (Wildman–Crippen MR) is 186 cm³/mol. The molecule has 1 aliphatic rings. The number of hydrogen-bond acceptors (Lipinski definition) is 8. The second-order valence-electron chi connectivity index (χ2n) is 12.6. The molecular weight excluding hydrogens is 623 g/mol. The van der Waals surface area contributed by atoms with E-state index in [2.05, 4.69) is 21.3 Å². The zero-order valence-corrected chi connectivity index (χ0v) is 28.1. The molecule has 3 aromatic carbocycles. The number of fused-ring (bicyclic) bond motifs is 1. The number of ether oxygens (including phenoxy) is 1. The van der Waals surface area contributed by atoms with Crippen molar-refractivity contribution < 1.29 is 33.7 Å². The minimum Gasteiger partial charge on any atom is -0.460 e. The van der Waals surface area contributed by atoms with Gasteiger partial charge in [-0.3, -0.25) is 4.79 Å². The molecule has 0 radical (unpaired) electrons. The number of nitrogens with one attached hydrogen (secondary N) is 4.